The molecule has 1 saturated heterocycles. The number of nitrogens with one attached hydrogen (secondary N) is 1. The quantitative estimate of drug-likeness (QED) is 0.252. The number of epoxide rings is 1. The van der Waals surface area contributed by atoms with Crippen molar-refractivity contribution in [3.8, 4) is 0 Å². The smallest absolute Gasteiger partial charge is 0.137 e. The normalized spacial score (nSPS) is 29.7. The molecule has 1 rings (SSSR count). The van der Waals surface area contributed by atoms with Crippen molar-refractivity contribution in [3.05, 3.63) is 0 Å². The average Bonchev–Trinajstić information content (AvgIpc) is 2.06. The first-order valence-corrected chi connectivity index (χ1v) is 1.76. The standard InChI is InChI=1S/C3H6N2O/c4-3(5)2-1-6-2/h2H,1H2,(H3,4,5). The van der Waals surface area contributed by atoms with Crippen molar-refractivity contribution in [1.82, 2.24) is 0 Å². The highest BCUT2D eigenvalue weighted by molar-refractivity contribution is 5.83. The molecule has 0 radical (unpaired) electrons. The largest absolute Gasteiger partial charge is 0.385 e. The summed E-state index contributed by atoms with van der Waals surface area (Å²) in [7, 11) is 0. The van der Waals surface area contributed by atoms with Gasteiger partial charge >= 0.3 is 0 Å². The fraction of sp³-hybridized carbons (Fsp3) is 0.667. The molecule has 34 valence electrons. The summed E-state index contributed by atoms with van der Waals surface area (Å²) in [4.78, 5) is 0. The second-order valence-corrected chi connectivity index (χ2v) is 1.28. The third-order valence-electron chi connectivity index (χ3n) is 0.680. The maximum Gasteiger partial charge on any atom is 0.137 e. The summed E-state index contributed by atoms with van der Waals surface area (Å²) in [5.41, 5.74) is 4.96. The predicted molar refractivity (Wildman–Crippen MR) is 21.7 cm³/mol. The summed E-state index contributed by atoms with van der Waals surface area (Å²) < 4.78 is 4.62. The van der Waals surface area contributed by atoms with E-state index in [-0.39, 0.29) is 11.9 Å². The van der Waals surface area contributed by atoms with E-state index in [9.17, 15) is 0 Å². The average molecular weight is 86.1 g/mol. The van der Waals surface area contributed by atoms with E-state index < -0.39 is 0 Å². The Kier molecular flexibility index (Phi) is 0.569. The first-order valence-electron chi connectivity index (χ1n) is 1.76. The highest BCUT2D eigenvalue weighted by atomic mass is 16.6. The molecule has 1 unspecified atom stereocenters. The minimum atomic E-state index is -0.0370. The Morgan fingerprint density at radius 3 is 2.50 bits per heavy atom. The van der Waals surface area contributed by atoms with E-state index in [1.165, 1.54) is 0 Å². The van der Waals surface area contributed by atoms with Crippen LogP contribution >= 0.6 is 0 Å². The molecule has 6 heavy (non-hydrogen) atoms. The molecule has 3 heteroatoms. The van der Waals surface area contributed by atoms with Crippen LogP contribution in [0.5, 0.6) is 0 Å². The molecule has 0 saturated carbocycles. The lowest BCUT2D eigenvalue weighted by molar-refractivity contribution is 0.448. The highest BCUT2D eigenvalue weighted by Crippen LogP contribution is 2.05. The number of nitrogens with two attached hydrogens (primary N) is 1. The number of hydrogen-bond acceptors (Lipinski definition) is 2. The summed E-state index contributed by atoms with van der Waals surface area (Å²) >= 11 is 0. The third-order valence-corrected chi connectivity index (χ3v) is 0.680. The van der Waals surface area contributed by atoms with E-state index in [1.54, 1.807) is 0 Å². The number of ether oxygens (including phenoxy) is 1. The molecular weight excluding hydrogens is 80.0 g/mol. The number of rotatable bonds is 1. The molecule has 0 aromatic rings. The van der Waals surface area contributed by atoms with Gasteiger partial charge in [-0.3, -0.25) is 5.41 Å². The van der Waals surface area contributed by atoms with Crippen molar-refractivity contribution in [1.29, 1.82) is 5.41 Å². The zero-order valence-corrected chi connectivity index (χ0v) is 3.27. The number of amidine groups is 1. The summed E-state index contributed by atoms with van der Waals surface area (Å²) in [5, 5.41) is 6.66. The summed E-state index contributed by atoms with van der Waals surface area (Å²) in [6.07, 6.45) is -0.0370. The fourth-order valence-corrected chi connectivity index (χ4v) is 0.228. The molecule has 3 N–H and O–H groups in total. The van der Waals surface area contributed by atoms with Crippen LogP contribution in [0.3, 0.4) is 0 Å². The Morgan fingerprint density at radius 1 is 2.00 bits per heavy atom. The molecule has 3 nitrogen and oxygen atoms in total. The van der Waals surface area contributed by atoms with Gasteiger partial charge in [-0.15, -0.1) is 0 Å². The SMILES string of the molecule is N=C(N)C1CO1. The first-order chi connectivity index (χ1) is 2.80. The summed E-state index contributed by atoms with van der Waals surface area (Å²) in [6, 6.07) is 0. The van der Waals surface area contributed by atoms with Gasteiger partial charge in [0.2, 0.25) is 0 Å². The van der Waals surface area contributed by atoms with Crippen LogP contribution in [0.1, 0.15) is 0 Å². The van der Waals surface area contributed by atoms with Crippen LogP contribution in [0.4, 0.5) is 0 Å². The predicted octanol–water partition coefficient (Wildman–Crippen LogP) is -0.679. The van der Waals surface area contributed by atoms with Gasteiger partial charge in [-0.2, -0.15) is 0 Å². The fourth-order valence-electron chi connectivity index (χ4n) is 0.228. The van der Waals surface area contributed by atoms with Crippen molar-refractivity contribution in [2.75, 3.05) is 6.61 Å². The molecule has 1 fully saturated rings. The second kappa shape index (κ2) is 0.944. The van der Waals surface area contributed by atoms with E-state index in [0.29, 0.717) is 6.61 Å². The molecule has 1 aliphatic heterocycles. The lowest BCUT2D eigenvalue weighted by atomic mass is 10.5. The molecule has 0 amide bonds. The van der Waals surface area contributed by atoms with Gasteiger partial charge in [-0.05, 0) is 0 Å². The maximum atomic E-state index is 6.66. The Balaban J connectivity index is 2.31. The Labute approximate surface area is 35.6 Å². The van der Waals surface area contributed by atoms with Crippen LogP contribution in [0, 0.1) is 5.41 Å². The van der Waals surface area contributed by atoms with Crippen LogP contribution < -0.4 is 5.73 Å². The van der Waals surface area contributed by atoms with Crippen molar-refractivity contribution in [3.63, 3.8) is 0 Å². The van der Waals surface area contributed by atoms with Gasteiger partial charge in [-0.25, -0.2) is 0 Å². The molecule has 0 aliphatic carbocycles. The molecule has 0 spiro atoms. The van der Waals surface area contributed by atoms with E-state index in [1.807, 2.05) is 0 Å². The van der Waals surface area contributed by atoms with E-state index in [4.69, 9.17) is 11.1 Å². The van der Waals surface area contributed by atoms with Gasteiger partial charge in [0.1, 0.15) is 11.9 Å². The minimum absolute atomic E-state index is 0.0370. The molecule has 0 aromatic heterocycles. The van der Waals surface area contributed by atoms with Crippen molar-refractivity contribution >= 4 is 5.84 Å². The van der Waals surface area contributed by atoms with Crippen LogP contribution in [0.2, 0.25) is 0 Å². The Bertz CT molecular complexity index is 76.9. The number of hydrogen-bond donors (Lipinski definition) is 2. The van der Waals surface area contributed by atoms with Crippen LogP contribution in [0.25, 0.3) is 0 Å². The second-order valence-electron chi connectivity index (χ2n) is 1.28. The van der Waals surface area contributed by atoms with Gasteiger partial charge in [0, 0.05) is 0 Å². The third kappa shape index (κ3) is 0.490. The Hall–Kier alpha value is -0.570. The van der Waals surface area contributed by atoms with Gasteiger partial charge in [0.05, 0.1) is 6.61 Å². The zero-order chi connectivity index (χ0) is 4.57. The lowest BCUT2D eigenvalue weighted by Crippen LogP contribution is -2.16. The Morgan fingerprint density at radius 2 is 2.50 bits per heavy atom. The van der Waals surface area contributed by atoms with Crippen LogP contribution in [-0.2, 0) is 4.74 Å². The van der Waals surface area contributed by atoms with Gasteiger partial charge in [-0.1, -0.05) is 0 Å². The topological polar surface area (TPSA) is 62.4 Å². The van der Waals surface area contributed by atoms with E-state index in [0.717, 1.165) is 0 Å². The minimum Gasteiger partial charge on any atom is -0.385 e. The molecule has 1 heterocycles. The van der Waals surface area contributed by atoms with Crippen LogP contribution in [-0.4, -0.2) is 18.5 Å². The molecule has 1 atom stereocenters. The molecular formula is C3H6N2O. The highest BCUT2D eigenvalue weighted by Gasteiger charge is 2.25. The summed E-state index contributed by atoms with van der Waals surface area (Å²) in [6.45, 7) is 0.648. The monoisotopic (exact) mass is 86.0 g/mol. The molecule has 0 bridgehead atoms. The van der Waals surface area contributed by atoms with Crippen molar-refractivity contribution in [2.45, 2.75) is 6.10 Å². The first kappa shape index (κ1) is 3.61. The zero-order valence-electron chi connectivity index (χ0n) is 3.27. The van der Waals surface area contributed by atoms with E-state index in [2.05, 4.69) is 4.74 Å². The lowest BCUT2D eigenvalue weighted by Gasteiger charge is -1.79. The van der Waals surface area contributed by atoms with Crippen molar-refractivity contribution in [2.24, 2.45) is 5.73 Å². The van der Waals surface area contributed by atoms with Crippen molar-refractivity contribution < 1.29 is 4.74 Å². The maximum absolute atomic E-state index is 6.66. The van der Waals surface area contributed by atoms with E-state index >= 15 is 0 Å². The van der Waals surface area contributed by atoms with Gasteiger partial charge in [0.25, 0.3) is 0 Å². The van der Waals surface area contributed by atoms with Crippen LogP contribution in [0.15, 0.2) is 0 Å². The van der Waals surface area contributed by atoms with Gasteiger partial charge < -0.3 is 10.5 Å². The molecule has 1 aliphatic rings. The molecule has 0 aromatic carbocycles. The van der Waals surface area contributed by atoms with Gasteiger partial charge in [0.15, 0.2) is 0 Å². The summed E-state index contributed by atoms with van der Waals surface area (Å²) in [5.74, 6) is 0.148.